The van der Waals surface area contributed by atoms with Crippen molar-refractivity contribution in [2.24, 2.45) is 4.99 Å². The van der Waals surface area contributed by atoms with Crippen LogP contribution in [-0.2, 0) is 14.3 Å². The number of aliphatic hydroxyl groups is 1. The Labute approximate surface area is 233 Å². The van der Waals surface area contributed by atoms with Gasteiger partial charge < -0.3 is 25.4 Å². The molecule has 2 aliphatic heterocycles. The van der Waals surface area contributed by atoms with Crippen molar-refractivity contribution in [2.75, 3.05) is 25.1 Å². The number of anilines is 1. The molecule has 1 aromatic heterocycles. The van der Waals surface area contributed by atoms with Crippen molar-refractivity contribution in [1.82, 2.24) is 15.2 Å². The average molecular weight is 594 g/mol. The smallest absolute Gasteiger partial charge is 0.388 e. The second-order valence-electron chi connectivity index (χ2n) is 9.79. The predicted octanol–water partition coefficient (Wildman–Crippen LogP) is 3.21. The Morgan fingerprint density at radius 3 is 2.55 bits per heavy atom. The van der Waals surface area contributed by atoms with Gasteiger partial charge in [0.25, 0.3) is 18.2 Å². The number of halogens is 5. The molecule has 2 saturated heterocycles. The highest BCUT2D eigenvalue weighted by Gasteiger charge is 2.39. The molecule has 3 rings (SSSR count). The number of amides is 2. The number of hydrogen-bond acceptors (Lipinski definition) is 8. The Kier molecular flexibility index (Phi) is 10.5. The van der Waals surface area contributed by atoms with Crippen LogP contribution in [0.25, 0.3) is 0 Å². The van der Waals surface area contributed by atoms with Gasteiger partial charge in [-0.1, -0.05) is 19.1 Å². The first kappa shape index (κ1) is 31.7. The van der Waals surface area contributed by atoms with Crippen molar-refractivity contribution < 1.29 is 41.4 Å². The lowest BCUT2D eigenvalue weighted by Crippen LogP contribution is -2.47. The largest absolute Gasteiger partial charge is 0.408 e. The molecule has 9 nitrogen and oxygen atoms in total. The number of ether oxygens (including phenoxy) is 1. The first-order valence-electron chi connectivity index (χ1n) is 12.8. The van der Waals surface area contributed by atoms with Crippen LogP contribution in [0.1, 0.15) is 57.6 Å². The van der Waals surface area contributed by atoms with E-state index in [9.17, 15) is 36.6 Å². The van der Waals surface area contributed by atoms with Crippen molar-refractivity contribution in [3.63, 3.8) is 0 Å². The topological polar surface area (TPSA) is 116 Å². The highest BCUT2D eigenvalue weighted by atomic mass is 32.1. The molecule has 2 fully saturated rings. The van der Waals surface area contributed by atoms with Crippen LogP contribution in [0.5, 0.6) is 0 Å². The first-order chi connectivity index (χ1) is 18.7. The number of aliphatic hydroxyl groups excluding tert-OH is 1. The highest BCUT2D eigenvalue weighted by Crippen LogP contribution is 2.30. The normalized spacial score (nSPS) is 23.3. The van der Waals surface area contributed by atoms with Gasteiger partial charge in [-0.25, -0.2) is 13.8 Å². The third kappa shape index (κ3) is 7.49. The number of aliphatic imine (C=N–C) groups is 1. The van der Waals surface area contributed by atoms with Gasteiger partial charge in [-0.05, 0) is 39.2 Å². The molecule has 5 atom stereocenters. The van der Waals surface area contributed by atoms with Crippen molar-refractivity contribution in [2.45, 2.75) is 82.9 Å². The van der Waals surface area contributed by atoms with E-state index in [2.05, 4.69) is 20.6 Å². The van der Waals surface area contributed by atoms with E-state index in [1.54, 1.807) is 0 Å². The zero-order valence-electron chi connectivity index (χ0n) is 22.2. The van der Waals surface area contributed by atoms with Gasteiger partial charge in [0.2, 0.25) is 0 Å². The Morgan fingerprint density at radius 2 is 2.02 bits per heavy atom. The summed E-state index contributed by atoms with van der Waals surface area (Å²) in [7, 11) is 0. The van der Waals surface area contributed by atoms with E-state index >= 15 is 0 Å². The summed E-state index contributed by atoms with van der Waals surface area (Å²) in [6.07, 6.45) is -6.79. The second kappa shape index (κ2) is 13.3. The zero-order valence-corrected chi connectivity index (χ0v) is 23.0. The lowest BCUT2D eigenvalue weighted by molar-refractivity contribution is -0.143. The van der Waals surface area contributed by atoms with Gasteiger partial charge >= 0.3 is 6.18 Å². The molecule has 2 amide bonds. The molecule has 0 saturated carbocycles. The van der Waals surface area contributed by atoms with Gasteiger partial charge in [-0.2, -0.15) is 13.2 Å². The van der Waals surface area contributed by atoms with Crippen molar-refractivity contribution >= 4 is 40.4 Å². The fraction of sp³-hybridized carbons (Fsp3) is 0.640. The number of rotatable bonds is 10. The molecule has 3 N–H and O–H groups in total. The lowest BCUT2D eigenvalue weighted by Gasteiger charge is -2.27. The van der Waals surface area contributed by atoms with Gasteiger partial charge in [0.1, 0.15) is 11.9 Å². The van der Waals surface area contributed by atoms with Crippen LogP contribution in [0.4, 0.5) is 27.8 Å². The summed E-state index contributed by atoms with van der Waals surface area (Å²) in [6.45, 7) is 4.90. The Balaban J connectivity index is 1.97. The highest BCUT2D eigenvalue weighted by molar-refractivity contribution is 7.81. The molecule has 40 heavy (non-hydrogen) atoms. The summed E-state index contributed by atoms with van der Waals surface area (Å²) in [5.41, 5.74) is -1.25. The van der Waals surface area contributed by atoms with Gasteiger partial charge in [-0.3, -0.25) is 14.6 Å². The van der Waals surface area contributed by atoms with E-state index in [4.69, 9.17) is 17.0 Å². The van der Waals surface area contributed by atoms with E-state index in [-0.39, 0.29) is 41.8 Å². The van der Waals surface area contributed by atoms with Gasteiger partial charge in [0, 0.05) is 29.9 Å². The summed E-state index contributed by atoms with van der Waals surface area (Å²) in [5, 5.41) is 14.6. The standard InChI is InChI=1S/C25H32F5N5O4S/c1-4-18(25(28,29)30)34-19-8-14(22(26)27)15(9-31-19)21(40)20(24(38)35-7-5-6-12(35)2)32-13(3)23(37)33-16-10-39-11-17(16)36/h8-9,12,16-18,20,22,36H,4-7,10-11H2,1-3H3,(H,31,34)(H,33,37)/b32-13+/t12-,16+,17-,18-,20?/m0/s1. The van der Waals surface area contributed by atoms with Crippen molar-refractivity contribution in [3.05, 3.63) is 23.4 Å². The third-order valence-corrected chi connectivity index (χ3v) is 7.34. The van der Waals surface area contributed by atoms with Gasteiger partial charge in [0.05, 0.1) is 35.9 Å². The number of carbonyl (C=O) groups is 2. The summed E-state index contributed by atoms with van der Waals surface area (Å²) in [4.78, 5) is 35.6. The molecule has 3 heterocycles. The van der Waals surface area contributed by atoms with E-state index in [1.165, 1.54) is 18.7 Å². The monoisotopic (exact) mass is 593 g/mol. The van der Waals surface area contributed by atoms with E-state index in [0.29, 0.717) is 19.4 Å². The summed E-state index contributed by atoms with van der Waals surface area (Å²) < 4.78 is 73.0. The maximum absolute atomic E-state index is 14.1. The Bertz CT molecular complexity index is 1140. The minimum atomic E-state index is -4.63. The predicted molar refractivity (Wildman–Crippen MR) is 141 cm³/mol. The quantitative estimate of drug-likeness (QED) is 0.165. The molecule has 0 radical (unpaired) electrons. The summed E-state index contributed by atoms with van der Waals surface area (Å²) >= 11 is 5.46. The van der Waals surface area contributed by atoms with Crippen LogP contribution < -0.4 is 10.6 Å². The van der Waals surface area contributed by atoms with E-state index in [1.807, 2.05) is 6.92 Å². The maximum atomic E-state index is 14.1. The van der Waals surface area contributed by atoms with Gasteiger partial charge in [-0.15, -0.1) is 0 Å². The van der Waals surface area contributed by atoms with Crippen molar-refractivity contribution in [1.29, 1.82) is 0 Å². The molecule has 222 valence electrons. The number of carbonyl (C=O) groups excluding carboxylic acids is 2. The van der Waals surface area contributed by atoms with Crippen LogP contribution in [0.15, 0.2) is 17.3 Å². The molecule has 0 aromatic carbocycles. The van der Waals surface area contributed by atoms with Crippen LogP contribution in [0.3, 0.4) is 0 Å². The molecular formula is C25H32F5N5O4S. The average Bonchev–Trinajstić information content (AvgIpc) is 3.51. The molecule has 2 aliphatic rings. The van der Waals surface area contributed by atoms with Crippen LogP contribution in [0.2, 0.25) is 0 Å². The third-order valence-electron chi connectivity index (χ3n) is 6.90. The molecule has 1 aromatic rings. The second-order valence-corrected chi connectivity index (χ2v) is 10.2. The summed E-state index contributed by atoms with van der Waals surface area (Å²) in [5.74, 6) is -1.75. The van der Waals surface area contributed by atoms with Crippen molar-refractivity contribution in [3.8, 4) is 0 Å². The maximum Gasteiger partial charge on any atom is 0.408 e. The van der Waals surface area contributed by atoms with E-state index < -0.39 is 60.0 Å². The number of likely N-dealkylation sites (tertiary alicyclic amines) is 1. The molecule has 0 spiro atoms. The number of aromatic nitrogens is 1. The minimum Gasteiger partial charge on any atom is -0.388 e. The SMILES string of the molecule is CC[C@H](Nc1cc(C(F)F)c(C(=S)C(/N=C(\C)C(=O)N[C@@H]2COC[C@@H]2O)C(=O)N2CCC[C@@H]2C)cn1)C(F)(F)F. The van der Waals surface area contributed by atoms with Crippen LogP contribution >= 0.6 is 12.2 Å². The Hall–Kier alpha value is -2.78. The van der Waals surface area contributed by atoms with E-state index in [0.717, 1.165) is 12.3 Å². The molecule has 15 heteroatoms. The van der Waals surface area contributed by atoms with Crippen LogP contribution in [0, 0.1) is 0 Å². The molecule has 1 unspecified atom stereocenters. The number of pyridine rings is 1. The lowest BCUT2D eigenvalue weighted by atomic mass is 10.0. The first-order valence-corrected chi connectivity index (χ1v) is 13.2. The Morgan fingerprint density at radius 1 is 1.32 bits per heavy atom. The summed E-state index contributed by atoms with van der Waals surface area (Å²) in [6, 6.07) is -3.67. The number of alkyl halides is 5. The fourth-order valence-corrected chi connectivity index (χ4v) is 4.85. The zero-order chi connectivity index (χ0) is 29.8. The minimum absolute atomic E-state index is 0.0371. The fourth-order valence-electron chi connectivity index (χ4n) is 4.53. The van der Waals surface area contributed by atoms with Gasteiger partial charge in [0.15, 0.2) is 6.04 Å². The molecule has 0 aliphatic carbocycles. The molecule has 0 bridgehead atoms. The number of hydrogen-bond donors (Lipinski definition) is 3. The van der Waals surface area contributed by atoms with Crippen LogP contribution in [-0.4, -0.2) is 93.6 Å². The number of nitrogens with zero attached hydrogens (tertiary/aromatic N) is 3. The number of thiocarbonyl (C=S) groups is 1. The molecular weight excluding hydrogens is 561 g/mol. The number of nitrogens with one attached hydrogen (secondary N) is 2.